The molecule has 0 aliphatic heterocycles. The van der Waals surface area contributed by atoms with Gasteiger partial charge in [-0.05, 0) is 31.2 Å². The van der Waals surface area contributed by atoms with Crippen molar-refractivity contribution in [1.82, 2.24) is 15.0 Å². The minimum atomic E-state index is -0.817. The van der Waals surface area contributed by atoms with Crippen molar-refractivity contribution in [1.29, 1.82) is 0 Å². The molecule has 1 heterocycles. The molecule has 3 aromatic rings. The van der Waals surface area contributed by atoms with Crippen molar-refractivity contribution in [2.75, 3.05) is 11.9 Å². The molecule has 3 rings (SSSR count). The molecule has 0 aliphatic carbocycles. The topological polar surface area (TPSA) is 129 Å². The van der Waals surface area contributed by atoms with E-state index in [4.69, 9.17) is 4.74 Å². The maximum absolute atomic E-state index is 12.3. The average Bonchev–Trinajstić information content (AvgIpc) is 2.68. The molecule has 27 heavy (non-hydrogen) atoms. The van der Waals surface area contributed by atoms with Crippen LogP contribution in [0.1, 0.15) is 17.3 Å². The van der Waals surface area contributed by atoms with Crippen molar-refractivity contribution in [3.63, 3.8) is 0 Å². The Bertz CT molecular complexity index is 1080. The number of rotatable bonds is 6. The first kappa shape index (κ1) is 18.0. The van der Waals surface area contributed by atoms with Gasteiger partial charge in [-0.1, -0.05) is 17.3 Å². The Morgan fingerprint density at radius 1 is 1.30 bits per heavy atom. The van der Waals surface area contributed by atoms with E-state index in [1.54, 1.807) is 31.2 Å². The Hall–Kier alpha value is -3.82. The lowest BCUT2D eigenvalue weighted by Crippen LogP contribution is -2.26. The Labute approximate surface area is 152 Å². The highest BCUT2D eigenvalue weighted by Crippen LogP contribution is 2.25. The number of hydrogen-bond acceptors (Lipinski definition) is 8. The molecule has 0 fully saturated rings. The summed E-state index contributed by atoms with van der Waals surface area (Å²) in [6.07, 6.45) is 0. The lowest BCUT2D eigenvalue weighted by molar-refractivity contribution is -0.384. The average molecular weight is 369 g/mol. The summed E-state index contributed by atoms with van der Waals surface area (Å²) in [4.78, 5) is 35.1. The van der Waals surface area contributed by atoms with E-state index in [0.717, 1.165) is 10.7 Å². The second-order valence-electron chi connectivity index (χ2n) is 5.49. The van der Waals surface area contributed by atoms with Gasteiger partial charge in [-0.25, -0.2) is 4.79 Å². The summed E-state index contributed by atoms with van der Waals surface area (Å²) < 4.78 is 5.96. The molecule has 0 bridgehead atoms. The number of fused-ring (bicyclic) bond motifs is 1. The molecule has 0 unspecified atom stereocenters. The van der Waals surface area contributed by atoms with E-state index < -0.39 is 23.2 Å². The van der Waals surface area contributed by atoms with Crippen LogP contribution in [0, 0.1) is 10.1 Å². The van der Waals surface area contributed by atoms with E-state index in [1.807, 2.05) is 0 Å². The van der Waals surface area contributed by atoms with Crippen molar-refractivity contribution in [3.8, 4) is 0 Å². The van der Waals surface area contributed by atoms with Gasteiger partial charge in [-0.2, -0.15) is 4.68 Å². The molecule has 1 aromatic heterocycles. The standard InChI is InChI=1S/C17H15N5O5/c1-2-18-14-8-7-11(9-15(14)22(25)26)17(24)27-10-21-16(23)12-5-3-4-6-13(12)19-20-21/h3-9,18H,2,10H2,1H3. The fourth-order valence-electron chi connectivity index (χ4n) is 2.46. The van der Waals surface area contributed by atoms with Gasteiger partial charge >= 0.3 is 5.97 Å². The highest BCUT2D eigenvalue weighted by atomic mass is 16.6. The van der Waals surface area contributed by atoms with Crippen molar-refractivity contribution in [3.05, 3.63) is 68.5 Å². The van der Waals surface area contributed by atoms with E-state index >= 15 is 0 Å². The van der Waals surface area contributed by atoms with Gasteiger partial charge in [-0.15, -0.1) is 5.10 Å². The van der Waals surface area contributed by atoms with Crippen molar-refractivity contribution in [2.24, 2.45) is 0 Å². The van der Waals surface area contributed by atoms with Gasteiger partial charge in [0.1, 0.15) is 11.2 Å². The molecule has 0 aliphatic rings. The smallest absolute Gasteiger partial charge is 0.340 e. The minimum Gasteiger partial charge on any atom is -0.439 e. The number of ether oxygens (including phenoxy) is 1. The van der Waals surface area contributed by atoms with E-state index in [2.05, 4.69) is 15.6 Å². The Kier molecular flexibility index (Phi) is 5.06. The zero-order valence-corrected chi connectivity index (χ0v) is 14.3. The molecule has 0 radical (unpaired) electrons. The van der Waals surface area contributed by atoms with Crippen LogP contribution in [0.2, 0.25) is 0 Å². The van der Waals surface area contributed by atoms with E-state index in [1.165, 1.54) is 12.1 Å². The van der Waals surface area contributed by atoms with E-state index in [9.17, 15) is 19.7 Å². The summed E-state index contributed by atoms with van der Waals surface area (Å²) in [5, 5.41) is 22.0. The molecule has 0 atom stereocenters. The predicted octanol–water partition coefficient (Wildman–Crippen LogP) is 1.95. The maximum Gasteiger partial charge on any atom is 0.340 e. The van der Waals surface area contributed by atoms with Gasteiger partial charge in [-0.3, -0.25) is 14.9 Å². The highest BCUT2D eigenvalue weighted by Gasteiger charge is 2.18. The molecule has 2 aromatic carbocycles. The van der Waals surface area contributed by atoms with Crippen LogP contribution in [0.3, 0.4) is 0 Å². The van der Waals surface area contributed by atoms with E-state index in [0.29, 0.717) is 23.1 Å². The highest BCUT2D eigenvalue weighted by molar-refractivity contribution is 5.91. The number of esters is 1. The Morgan fingerprint density at radius 3 is 2.81 bits per heavy atom. The second kappa shape index (κ2) is 7.60. The van der Waals surface area contributed by atoms with Crippen LogP contribution >= 0.6 is 0 Å². The van der Waals surface area contributed by atoms with Crippen LogP contribution in [-0.4, -0.2) is 32.4 Å². The number of nitro groups is 1. The van der Waals surface area contributed by atoms with Gasteiger partial charge in [0.2, 0.25) is 0 Å². The first-order chi connectivity index (χ1) is 13.0. The van der Waals surface area contributed by atoms with Gasteiger partial charge in [0.25, 0.3) is 11.2 Å². The number of benzene rings is 2. The van der Waals surface area contributed by atoms with Crippen molar-refractivity contribution < 1.29 is 14.5 Å². The second-order valence-corrected chi connectivity index (χ2v) is 5.49. The predicted molar refractivity (Wildman–Crippen MR) is 96.5 cm³/mol. The number of nitro benzene ring substituents is 1. The van der Waals surface area contributed by atoms with Gasteiger partial charge in [0, 0.05) is 12.6 Å². The number of carbonyl (C=O) groups is 1. The summed E-state index contributed by atoms with van der Waals surface area (Å²) in [7, 11) is 0. The zero-order chi connectivity index (χ0) is 19.4. The normalized spacial score (nSPS) is 10.6. The number of anilines is 1. The first-order valence-corrected chi connectivity index (χ1v) is 8.03. The molecule has 0 amide bonds. The third-order valence-electron chi connectivity index (χ3n) is 3.74. The van der Waals surface area contributed by atoms with Crippen molar-refractivity contribution >= 4 is 28.2 Å². The Morgan fingerprint density at radius 2 is 2.07 bits per heavy atom. The largest absolute Gasteiger partial charge is 0.439 e. The van der Waals surface area contributed by atoms with Crippen LogP contribution in [0.4, 0.5) is 11.4 Å². The molecule has 0 saturated carbocycles. The van der Waals surface area contributed by atoms with Crippen molar-refractivity contribution in [2.45, 2.75) is 13.7 Å². The number of hydrogen-bond donors (Lipinski definition) is 1. The van der Waals surface area contributed by atoms with Gasteiger partial charge < -0.3 is 10.1 Å². The van der Waals surface area contributed by atoms with Gasteiger partial charge in [0.15, 0.2) is 6.73 Å². The summed E-state index contributed by atoms with van der Waals surface area (Å²) in [5.41, 5.74) is 0.0244. The molecule has 10 heteroatoms. The monoisotopic (exact) mass is 369 g/mol. The molecule has 138 valence electrons. The number of nitrogens with zero attached hydrogens (tertiary/aromatic N) is 4. The third kappa shape index (κ3) is 3.73. The SMILES string of the molecule is CCNc1ccc(C(=O)OCn2nnc3ccccc3c2=O)cc1[N+](=O)[O-]. The lowest BCUT2D eigenvalue weighted by atomic mass is 10.1. The van der Waals surface area contributed by atoms with Crippen LogP contribution in [0.5, 0.6) is 0 Å². The molecule has 0 spiro atoms. The summed E-state index contributed by atoms with van der Waals surface area (Å²) in [6, 6.07) is 10.6. The van der Waals surface area contributed by atoms with Crippen LogP contribution < -0.4 is 10.9 Å². The summed E-state index contributed by atoms with van der Waals surface area (Å²) >= 11 is 0. The third-order valence-corrected chi connectivity index (χ3v) is 3.74. The number of aromatic nitrogens is 3. The maximum atomic E-state index is 12.3. The van der Waals surface area contributed by atoms with Crippen LogP contribution in [0.15, 0.2) is 47.3 Å². The number of nitrogens with one attached hydrogen (secondary N) is 1. The quantitative estimate of drug-likeness (QED) is 0.396. The molecule has 0 saturated heterocycles. The fraction of sp³-hybridized carbons (Fsp3) is 0.176. The number of carbonyl (C=O) groups excluding carboxylic acids is 1. The minimum absolute atomic E-state index is 0.00912. The summed E-state index contributed by atoms with van der Waals surface area (Å²) in [5.74, 6) is -0.817. The van der Waals surface area contributed by atoms with Crippen LogP contribution in [-0.2, 0) is 11.5 Å². The molecular formula is C17H15N5O5. The summed E-state index contributed by atoms with van der Waals surface area (Å²) in [6.45, 7) is 1.83. The first-order valence-electron chi connectivity index (χ1n) is 8.03. The fourth-order valence-corrected chi connectivity index (χ4v) is 2.46. The lowest BCUT2D eigenvalue weighted by Gasteiger charge is -2.08. The van der Waals surface area contributed by atoms with E-state index in [-0.39, 0.29) is 11.3 Å². The molecular weight excluding hydrogens is 354 g/mol. The molecule has 1 N–H and O–H groups in total. The van der Waals surface area contributed by atoms with Crippen LogP contribution in [0.25, 0.3) is 10.9 Å². The van der Waals surface area contributed by atoms with Gasteiger partial charge in [0.05, 0.1) is 15.9 Å². The Balaban J connectivity index is 1.80. The zero-order valence-electron chi connectivity index (χ0n) is 14.3. The molecule has 10 nitrogen and oxygen atoms in total.